The lowest BCUT2D eigenvalue weighted by molar-refractivity contribution is -0.122. The maximum absolute atomic E-state index is 13.7. The topological polar surface area (TPSA) is 52.6 Å². The van der Waals surface area contributed by atoms with Crippen LogP contribution in [0.25, 0.3) is 0 Å². The molecule has 0 radical (unpaired) electrons. The average molecular weight is 308 g/mol. The summed E-state index contributed by atoms with van der Waals surface area (Å²) in [6, 6.07) is 6.40. The highest BCUT2D eigenvalue weighted by molar-refractivity contribution is 5.83. The van der Waals surface area contributed by atoms with Crippen LogP contribution in [0.1, 0.15) is 37.7 Å². The van der Waals surface area contributed by atoms with Crippen LogP contribution in [-0.2, 0) is 4.79 Å². The van der Waals surface area contributed by atoms with Crippen LogP contribution in [0.4, 0.5) is 4.39 Å². The minimum absolute atomic E-state index is 0.140. The molecule has 1 amide bonds. The number of halogens is 1. The predicted molar refractivity (Wildman–Crippen MR) is 84.1 cm³/mol. The molecule has 1 unspecified atom stereocenters. The molecule has 22 heavy (non-hydrogen) atoms. The second-order valence-corrected chi connectivity index (χ2v) is 5.96. The van der Waals surface area contributed by atoms with Crippen molar-refractivity contribution >= 4 is 5.91 Å². The zero-order chi connectivity index (χ0) is 15.9. The van der Waals surface area contributed by atoms with Gasteiger partial charge in [0.1, 0.15) is 5.82 Å². The first-order chi connectivity index (χ1) is 10.6. The summed E-state index contributed by atoms with van der Waals surface area (Å²) in [7, 11) is 0. The van der Waals surface area contributed by atoms with E-state index < -0.39 is 5.92 Å². The number of benzene rings is 1. The van der Waals surface area contributed by atoms with Crippen LogP contribution in [0, 0.1) is 5.82 Å². The van der Waals surface area contributed by atoms with E-state index in [1.807, 2.05) is 0 Å². The molecule has 1 atom stereocenters. The summed E-state index contributed by atoms with van der Waals surface area (Å²) >= 11 is 0. The number of aliphatic hydroxyl groups is 1. The predicted octanol–water partition coefficient (Wildman–Crippen LogP) is 1.89. The molecule has 4 nitrogen and oxygen atoms in total. The number of hydrogen-bond acceptors (Lipinski definition) is 3. The third-order valence-corrected chi connectivity index (χ3v) is 4.27. The molecule has 1 aliphatic rings. The van der Waals surface area contributed by atoms with Gasteiger partial charge in [0.2, 0.25) is 5.91 Å². The van der Waals surface area contributed by atoms with Gasteiger partial charge in [0.15, 0.2) is 0 Å². The molecule has 2 N–H and O–H groups in total. The Morgan fingerprint density at radius 3 is 2.77 bits per heavy atom. The lowest BCUT2D eigenvalue weighted by Gasteiger charge is -2.29. The first-order valence-corrected chi connectivity index (χ1v) is 8.00. The number of amides is 1. The zero-order valence-corrected chi connectivity index (χ0v) is 13.1. The molecule has 1 aromatic carbocycles. The van der Waals surface area contributed by atoms with E-state index in [0.29, 0.717) is 12.1 Å². The van der Waals surface area contributed by atoms with E-state index in [1.165, 1.54) is 6.07 Å². The number of hydrogen-bond donors (Lipinski definition) is 2. The fourth-order valence-corrected chi connectivity index (χ4v) is 2.78. The fourth-order valence-electron chi connectivity index (χ4n) is 2.78. The molecule has 0 spiro atoms. The van der Waals surface area contributed by atoms with Gasteiger partial charge >= 0.3 is 0 Å². The van der Waals surface area contributed by atoms with E-state index in [-0.39, 0.29) is 17.8 Å². The normalized spacial score (nSPS) is 18.1. The average Bonchev–Trinajstić information content (AvgIpc) is 2.53. The van der Waals surface area contributed by atoms with Crippen LogP contribution in [0.5, 0.6) is 0 Å². The Morgan fingerprint density at radius 1 is 1.41 bits per heavy atom. The number of nitrogens with zero attached hydrogens (tertiary/aromatic N) is 1. The van der Waals surface area contributed by atoms with E-state index in [4.69, 9.17) is 0 Å². The molecule has 0 aliphatic carbocycles. The summed E-state index contributed by atoms with van der Waals surface area (Å²) in [5.74, 6) is -0.956. The molecule has 5 heteroatoms. The van der Waals surface area contributed by atoms with Gasteiger partial charge in [-0.15, -0.1) is 0 Å². The van der Waals surface area contributed by atoms with Gasteiger partial charge in [0.05, 0.1) is 12.0 Å². The van der Waals surface area contributed by atoms with E-state index in [0.717, 1.165) is 38.9 Å². The number of aliphatic hydroxyl groups excluding tert-OH is 1. The number of rotatable bonds is 6. The van der Waals surface area contributed by atoms with E-state index in [1.54, 1.807) is 25.1 Å². The zero-order valence-electron chi connectivity index (χ0n) is 13.1. The minimum atomic E-state index is -0.480. The van der Waals surface area contributed by atoms with Crippen LogP contribution in [0.15, 0.2) is 24.3 Å². The van der Waals surface area contributed by atoms with Gasteiger partial charge in [0, 0.05) is 19.6 Å². The van der Waals surface area contributed by atoms with Crippen molar-refractivity contribution in [1.82, 2.24) is 10.2 Å². The van der Waals surface area contributed by atoms with Crippen LogP contribution in [0.2, 0.25) is 0 Å². The van der Waals surface area contributed by atoms with Crippen molar-refractivity contribution in [2.75, 3.05) is 26.2 Å². The molecule has 0 saturated carbocycles. The lowest BCUT2D eigenvalue weighted by Crippen LogP contribution is -2.38. The monoisotopic (exact) mass is 308 g/mol. The highest BCUT2D eigenvalue weighted by atomic mass is 19.1. The van der Waals surface area contributed by atoms with Crippen molar-refractivity contribution in [3.05, 3.63) is 35.6 Å². The molecular weight excluding hydrogens is 283 g/mol. The maximum Gasteiger partial charge on any atom is 0.227 e. The Hall–Kier alpha value is -1.46. The second kappa shape index (κ2) is 8.25. The van der Waals surface area contributed by atoms with Gasteiger partial charge < -0.3 is 15.3 Å². The molecule has 1 aromatic rings. The number of carbonyl (C=O) groups is 1. The van der Waals surface area contributed by atoms with Crippen LogP contribution >= 0.6 is 0 Å². The molecule has 2 rings (SSSR count). The fraction of sp³-hybridized carbons (Fsp3) is 0.588. The van der Waals surface area contributed by atoms with Gasteiger partial charge in [0.25, 0.3) is 0 Å². The Bertz CT molecular complexity index is 487. The summed E-state index contributed by atoms with van der Waals surface area (Å²) in [5, 5.41) is 12.3. The minimum Gasteiger partial charge on any atom is -0.393 e. The SMILES string of the molecule is CC(C(=O)NCCCN1CCC(O)CC1)c1ccccc1F. The van der Waals surface area contributed by atoms with Crippen molar-refractivity contribution in [1.29, 1.82) is 0 Å². The van der Waals surface area contributed by atoms with Crippen molar-refractivity contribution < 1.29 is 14.3 Å². The Morgan fingerprint density at radius 2 is 2.09 bits per heavy atom. The molecular formula is C17H25FN2O2. The molecule has 1 saturated heterocycles. The van der Waals surface area contributed by atoms with Crippen molar-refractivity contribution in [2.45, 2.75) is 38.2 Å². The van der Waals surface area contributed by atoms with Gasteiger partial charge in [-0.1, -0.05) is 18.2 Å². The molecule has 122 valence electrons. The van der Waals surface area contributed by atoms with E-state index >= 15 is 0 Å². The van der Waals surface area contributed by atoms with Gasteiger partial charge in [-0.2, -0.15) is 0 Å². The Balaban J connectivity index is 1.68. The maximum atomic E-state index is 13.7. The smallest absolute Gasteiger partial charge is 0.227 e. The molecule has 1 aliphatic heterocycles. The van der Waals surface area contributed by atoms with Gasteiger partial charge in [-0.25, -0.2) is 4.39 Å². The van der Waals surface area contributed by atoms with Gasteiger partial charge in [-0.3, -0.25) is 4.79 Å². The summed E-state index contributed by atoms with van der Waals surface area (Å²) in [5.41, 5.74) is 0.435. The standard InChI is InChI=1S/C17H25FN2O2/c1-13(15-5-2-3-6-16(15)18)17(22)19-9-4-10-20-11-7-14(21)8-12-20/h2-3,5-6,13-14,21H,4,7-12H2,1H3,(H,19,22). The third kappa shape index (κ3) is 4.78. The number of nitrogens with one attached hydrogen (secondary N) is 1. The summed E-state index contributed by atoms with van der Waals surface area (Å²) in [4.78, 5) is 14.4. The van der Waals surface area contributed by atoms with E-state index in [2.05, 4.69) is 10.2 Å². The van der Waals surface area contributed by atoms with Crippen LogP contribution < -0.4 is 5.32 Å². The number of piperidine rings is 1. The molecule has 0 bridgehead atoms. The number of likely N-dealkylation sites (tertiary alicyclic amines) is 1. The Kier molecular flexibility index (Phi) is 6.34. The van der Waals surface area contributed by atoms with Crippen molar-refractivity contribution in [3.63, 3.8) is 0 Å². The third-order valence-electron chi connectivity index (χ3n) is 4.27. The highest BCUT2D eigenvalue weighted by Gasteiger charge is 2.19. The lowest BCUT2D eigenvalue weighted by atomic mass is 10.00. The Labute approximate surface area is 131 Å². The van der Waals surface area contributed by atoms with Crippen molar-refractivity contribution in [3.8, 4) is 0 Å². The molecule has 1 fully saturated rings. The van der Waals surface area contributed by atoms with Crippen LogP contribution in [0.3, 0.4) is 0 Å². The quantitative estimate of drug-likeness (QED) is 0.789. The van der Waals surface area contributed by atoms with Crippen LogP contribution in [-0.4, -0.2) is 48.2 Å². The summed E-state index contributed by atoms with van der Waals surface area (Å²) < 4.78 is 13.7. The summed E-state index contributed by atoms with van der Waals surface area (Å²) in [6.45, 7) is 5.07. The largest absolute Gasteiger partial charge is 0.393 e. The first-order valence-electron chi connectivity index (χ1n) is 8.00. The van der Waals surface area contributed by atoms with Gasteiger partial charge in [-0.05, 0) is 44.4 Å². The second-order valence-electron chi connectivity index (χ2n) is 5.96. The summed E-state index contributed by atoms with van der Waals surface area (Å²) in [6.07, 6.45) is 2.37. The van der Waals surface area contributed by atoms with Crippen molar-refractivity contribution in [2.24, 2.45) is 0 Å². The first kappa shape index (κ1) is 16.9. The number of carbonyl (C=O) groups excluding carboxylic acids is 1. The van der Waals surface area contributed by atoms with E-state index in [9.17, 15) is 14.3 Å². The molecule has 0 aromatic heterocycles. The highest BCUT2D eigenvalue weighted by Crippen LogP contribution is 2.18. The molecule has 1 heterocycles.